The second kappa shape index (κ2) is 6.06. The first kappa shape index (κ1) is 16.5. The molecule has 4 nitrogen and oxygen atoms in total. The lowest BCUT2D eigenvalue weighted by Gasteiger charge is -2.29. The van der Waals surface area contributed by atoms with Crippen LogP contribution in [-0.2, 0) is 5.41 Å². The Balaban J connectivity index is 1.71. The highest BCUT2D eigenvalue weighted by atomic mass is 16.5. The van der Waals surface area contributed by atoms with Crippen LogP contribution >= 0.6 is 0 Å². The molecule has 4 rings (SSSR count). The number of amides is 1. The summed E-state index contributed by atoms with van der Waals surface area (Å²) >= 11 is 0. The van der Waals surface area contributed by atoms with Gasteiger partial charge in [0.25, 0.3) is 5.91 Å². The van der Waals surface area contributed by atoms with E-state index >= 15 is 0 Å². The molecule has 0 spiro atoms. The molecule has 0 bridgehead atoms. The molecule has 0 fully saturated rings. The van der Waals surface area contributed by atoms with Gasteiger partial charge in [-0.15, -0.1) is 0 Å². The minimum absolute atomic E-state index is 0.00793. The number of benzene rings is 2. The van der Waals surface area contributed by atoms with Gasteiger partial charge in [-0.05, 0) is 42.0 Å². The first-order valence-electron chi connectivity index (χ1n) is 8.74. The first-order valence-corrected chi connectivity index (χ1v) is 8.74. The Morgan fingerprint density at radius 2 is 1.85 bits per heavy atom. The maximum absolute atomic E-state index is 13.0. The zero-order valence-electron chi connectivity index (χ0n) is 15.2. The van der Waals surface area contributed by atoms with E-state index in [2.05, 4.69) is 37.0 Å². The van der Waals surface area contributed by atoms with Crippen LogP contribution in [0.15, 0.2) is 54.7 Å². The molecule has 0 aliphatic carbocycles. The van der Waals surface area contributed by atoms with E-state index < -0.39 is 0 Å². The number of H-pyrrole nitrogens is 1. The molecule has 0 saturated carbocycles. The Kier molecular flexibility index (Phi) is 3.83. The van der Waals surface area contributed by atoms with Crippen LogP contribution in [0.2, 0.25) is 0 Å². The number of hydrogen-bond acceptors (Lipinski definition) is 2. The van der Waals surface area contributed by atoms with Crippen molar-refractivity contribution in [3.63, 3.8) is 0 Å². The zero-order valence-corrected chi connectivity index (χ0v) is 15.2. The number of rotatable bonds is 2. The molecule has 0 atom stereocenters. The molecule has 26 heavy (non-hydrogen) atoms. The number of nitrogens with one attached hydrogen (secondary N) is 1. The maximum Gasteiger partial charge on any atom is 0.257 e. The molecule has 1 amide bonds. The molecule has 1 aliphatic rings. The summed E-state index contributed by atoms with van der Waals surface area (Å²) in [5.74, 6) is 0.737. The summed E-state index contributed by atoms with van der Waals surface area (Å²) in [6.07, 6.45) is 3.89. The number of aromatic amines is 1. The van der Waals surface area contributed by atoms with Gasteiger partial charge in [-0.1, -0.05) is 32.0 Å². The molecule has 2 aromatic carbocycles. The maximum atomic E-state index is 13.0. The average Bonchev–Trinajstić information content (AvgIpc) is 2.97. The molecule has 1 aromatic heterocycles. The van der Waals surface area contributed by atoms with Crippen LogP contribution in [0.5, 0.6) is 5.75 Å². The van der Waals surface area contributed by atoms with E-state index in [-0.39, 0.29) is 11.3 Å². The van der Waals surface area contributed by atoms with Gasteiger partial charge in [-0.25, -0.2) is 0 Å². The van der Waals surface area contributed by atoms with Crippen LogP contribution < -0.4 is 4.74 Å². The highest BCUT2D eigenvalue weighted by Gasteiger charge is 2.32. The summed E-state index contributed by atoms with van der Waals surface area (Å²) in [6, 6.07) is 15.6. The molecular formula is C22H22N2O2. The fourth-order valence-electron chi connectivity index (χ4n) is 3.78. The molecule has 0 radical (unpaired) electrons. The minimum atomic E-state index is -0.180. The van der Waals surface area contributed by atoms with E-state index in [1.54, 1.807) is 12.0 Å². The van der Waals surface area contributed by atoms with Gasteiger partial charge in [-0.3, -0.25) is 4.79 Å². The monoisotopic (exact) mass is 346 g/mol. The SMILES string of the molecule is COc1ccc(C(=O)N2C=Cc3[nH]c4ccccc4c3C(C)(C)C2)cc1. The van der Waals surface area contributed by atoms with E-state index in [9.17, 15) is 4.79 Å². The van der Waals surface area contributed by atoms with Crippen molar-refractivity contribution in [2.45, 2.75) is 19.3 Å². The number of para-hydroxylation sites is 1. The van der Waals surface area contributed by atoms with Crippen molar-refractivity contribution in [1.82, 2.24) is 9.88 Å². The summed E-state index contributed by atoms with van der Waals surface area (Å²) in [5.41, 5.74) is 3.93. The lowest BCUT2D eigenvalue weighted by Crippen LogP contribution is -2.36. The van der Waals surface area contributed by atoms with E-state index in [0.717, 1.165) is 17.0 Å². The number of carbonyl (C=O) groups is 1. The number of nitrogens with zero attached hydrogens (tertiary/aromatic N) is 1. The lowest BCUT2D eigenvalue weighted by atomic mass is 9.82. The smallest absolute Gasteiger partial charge is 0.257 e. The molecule has 0 unspecified atom stereocenters. The van der Waals surface area contributed by atoms with Crippen LogP contribution in [0.1, 0.15) is 35.5 Å². The van der Waals surface area contributed by atoms with Gasteiger partial charge in [0.1, 0.15) is 5.75 Å². The molecule has 0 saturated heterocycles. The van der Waals surface area contributed by atoms with E-state index in [1.807, 2.05) is 42.6 Å². The number of fused-ring (bicyclic) bond motifs is 3. The second-order valence-corrected chi connectivity index (χ2v) is 7.32. The fourth-order valence-corrected chi connectivity index (χ4v) is 3.78. The molecule has 132 valence electrons. The third-order valence-corrected chi connectivity index (χ3v) is 5.00. The Hall–Kier alpha value is -3.01. The van der Waals surface area contributed by atoms with Crippen LogP contribution in [0.25, 0.3) is 17.0 Å². The summed E-state index contributed by atoms with van der Waals surface area (Å²) in [6.45, 7) is 4.99. The first-order chi connectivity index (χ1) is 12.5. The van der Waals surface area contributed by atoms with Crippen molar-refractivity contribution >= 4 is 22.9 Å². The van der Waals surface area contributed by atoms with E-state index in [0.29, 0.717) is 12.1 Å². The summed E-state index contributed by atoms with van der Waals surface area (Å²) in [7, 11) is 1.62. The number of methoxy groups -OCH3 is 1. The van der Waals surface area contributed by atoms with Gasteiger partial charge in [0.05, 0.1) is 7.11 Å². The van der Waals surface area contributed by atoms with Gasteiger partial charge in [-0.2, -0.15) is 0 Å². The van der Waals surface area contributed by atoms with Crippen molar-refractivity contribution in [3.05, 3.63) is 71.6 Å². The average molecular weight is 346 g/mol. The highest BCUT2D eigenvalue weighted by molar-refractivity contribution is 5.96. The standard InChI is InChI=1S/C22H22N2O2/c1-22(2)14-24(21(25)15-8-10-16(26-3)11-9-15)13-12-19-20(22)17-6-4-5-7-18(17)23-19/h4-13,23H,14H2,1-3H3. The second-order valence-electron chi connectivity index (χ2n) is 7.32. The van der Waals surface area contributed by atoms with Gasteiger partial charge < -0.3 is 14.6 Å². The van der Waals surface area contributed by atoms with Gasteiger partial charge in [0, 0.05) is 40.3 Å². The Morgan fingerprint density at radius 1 is 1.12 bits per heavy atom. The lowest BCUT2D eigenvalue weighted by molar-refractivity contribution is 0.0801. The predicted molar refractivity (Wildman–Crippen MR) is 104 cm³/mol. The molecule has 1 aliphatic heterocycles. The van der Waals surface area contributed by atoms with Crippen molar-refractivity contribution < 1.29 is 9.53 Å². The molecule has 2 heterocycles. The predicted octanol–water partition coefficient (Wildman–Crippen LogP) is 4.58. The van der Waals surface area contributed by atoms with Gasteiger partial charge >= 0.3 is 0 Å². The van der Waals surface area contributed by atoms with Crippen LogP contribution in [0, 0.1) is 0 Å². The molecule has 1 N–H and O–H groups in total. The minimum Gasteiger partial charge on any atom is -0.497 e. The number of aromatic nitrogens is 1. The van der Waals surface area contributed by atoms with Crippen LogP contribution in [0.4, 0.5) is 0 Å². The zero-order chi connectivity index (χ0) is 18.3. The largest absolute Gasteiger partial charge is 0.497 e. The Labute approximate surface area is 153 Å². The quantitative estimate of drug-likeness (QED) is 0.738. The molecule has 3 aromatic rings. The van der Waals surface area contributed by atoms with Crippen molar-refractivity contribution in [1.29, 1.82) is 0 Å². The number of carbonyl (C=O) groups excluding carboxylic acids is 1. The Morgan fingerprint density at radius 3 is 2.58 bits per heavy atom. The summed E-state index contributed by atoms with van der Waals surface area (Å²) in [5, 5.41) is 1.22. The van der Waals surface area contributed by atoms with Crippen molar-refractivity contribution in [2.24, 2.45) is 0 Å². The van der Waals surface area contributed by atoms with E-state index in [1.165, 1.54) is 10.9 Å². The normalized spacial score (nSPS) is 15.6. The third kappa shape index (κ3) is 2.68. The molecular weight excluding hydrogens is 324 g/mol. The van der Waals surface area contributed by atoms with Gasteiger partial charge in [0.2, 0.25) is 0 Å². The van der Waals surface area contributed by atoms with E-state index in [4.69, 9.17) is 4.74 Å². The topological polar surface area (TPSA) is 45.3 Å². The van der Waals surface area contributed by atoms with Crippen LogP contribution in [-0.4, -0.2) is 29.4 Å². The van der Waals surface area contributed by atoms with Crippen LogP contribution in [0.3, 0.4) is 0 Å². The third-order valence-electron chi connectivity index (χ3n) is 5.00. The van der Waals surface area contributed by atoms with Crippen molar-refractivity contribution in [3.8, 4) is 5.75 Å². The van der Waals surface area contributed by atoms with Crippen molar-refractivity contribution in [2.75, 3.05) is 13.7 Å². The number of hydrogen-bond donors (Lipinski definition) is 1. The number of ether oxygens (including phenoxy) is 1. The fraction of sp³-hybridized carbons (Fsp3) is 0.227. The Bertz CT molecular complexity index is 997. The highest BCUT2D eigenvalue weighted by Crippen LogP contribution is 2.37. The summed E-state index contributed by atoms with van der Waals surface area (Å²) < 4.78 is 5.18. The van der Waals surface area contributed by atoms with Gasteiger partial charge in [0.15, 0.2) is 0 Å². The summed E-state index contributed by atoms with van der Waals surface area (Å²) in [4.78, 5) is 18.3. The molecule has 4 heteroatoms.